The first-order valence-corrected chi connectivity index (χ1v) is 7.47. The largest absolute Gasteiger partial charge is 0.458 e. The molecule has 2 heterocycles. The van der Waals surface area contributed by atoms with Gasteiger partial charge in [-0.3, -0.25) is 4.98 Å². The minimum absolute atomic E-state index is 0.0911. The van der Waals surface area contributed by atoms with Crippen LogP contribution < -0.4 is 5.32 Å². The van der Waals surface area contributed by atoms with Crippen molar-refractivity contribution in [3.8, 4) is 0 Å². The number of hydrogen-bond donors (Lipinski definition) is 1. The van der Waals surface area contributed by atoms with Crippen LogP contribution in [0.3, 0.4) is 0 Å². The zero-order valence-electron chi connectivity index (χ0n) is 11.8. The Hall–Kier alpha value is -1.84. The van der Waals surface area contributed by atoms with Crippen molar-refractivity contribution in [3.05, 3.63) is 65.1 Å². The lowest BCUT2D eigenvalue weighted by molar-refractivity contribution is 0.432. The first-order valence-electron chi connectivity index (χ1n) is 7.09. The Kier molecular flexibility index (Phi) is 4.23. The van der Waals surface area contributed by atoms with Crippen LogP contribution in [0.1, 0.15) is 24.4 Å². The van der Waals surface area contributed by atoms with Gasteiger partial charge in [0.2, 0.25) is 0 Å². The maximum Gasteiger partial charge on any atom is 0.152 e. The SMILES string of the molecule is CCNC(Cc1ccccn1)c1cc2cccc(Cl)c2o1. The highest BCUT2D eigenvalue weighted by Gasteiger charge is 2.17. The lowest BCUT2D eigenvalue weighted by atomic mass is 10.1. The number of benzene rings is 1. The van der Waals surface area contributed by atoms with Gasteiger partial charge in [-0.1, -0.05) is 36.7 Å². The molecule has 3 aromatic rings. The van der Waals surface area contributed by atoms with Gasteiger partial charge in [0.25, 0.3) is 0 Å². The third kappa shape index (κ3) is 3.09. The van der Waals surface area contributed by atoms with Crippen LogP contribution in [-0.4, -0.2) is 11.5 Å². The predicted molar refractivity (Wildman–Crippen MR) is 85.6 cm³/mol. The van der Waals surface area contributed by atoms with Crippen molar-refractivity contribution in [1.82, 2.24) is 10.3 Å². The molecule has 0 bridgehead atoms. The summed E-state index contributed by atoms with van der Waals surface area (Å²) in [7, 11) is 0. The van der Waals surface area contributed by atoms with Crippen LogP contribution in [0.25, 0.3) is 11.0 Å². The summed E-state index contributed by atoms with van der Waals surface area (Å²) < 4.78 is 5.96. The quantitative estimate of drug-likeness (QED) is 0.760. The summed E-state index contributed by atoms with van der Waals surface area (Å²) in [4.78, 5) is 4.39. The molecular formula is C17H17ClN2O. The summed E-state index contributed by atoms with van der Waals surface area (Å²) in [6.45, 7) is 2.95. The number of furan rings is 1. The van der Waals surface area contributed by atoms with Gasteiger partial charge in [0.1, 0.15) is 5.76 Å². The third-order valence-corrected chi connectivity index (χ3v) is 3.75. The number of pyridine rings is 1. The summed E-state index contributed by atoms with van der Waals surface area (Å²) >= 11 is 6.19. The molecule has 0 aliphatic carbocycles. The molecule has 0 amide bonds. The summed E-state index contributed by atoms with van der Waals surface area (Å²) in [5, 5.41) is 5.13. The van der Waals surface area contributed by atoms with E-state index in [2.05, 4.69) is 23.3 Å². The van der Waals surface area contributed by atoms with Crippen LogP contribution in [0.15, 0.2) is 53.1 Å². The van der Waals surface area contributed by atoms with E-state index in [-0.39, 0.29) is 6.04 Å². The van der Waals surface area contributed by atoms with E-state index in [1.165, 1.54) is 0 Å². The molecule has 1 aromatic carbocycles. The smallest absolute Gasteiger partial charge is 0.152 e. The second kappa shape index (κ2) is 6.29. The van der Waals surface area contributed by atoms with Gasteiger partial charge in [0.15, 0.2) is 5.58 Å². The molecule has 0 spiro atoms. The van der Waals surface area contributed by atoms with Crippen molar-refractivity contribution in [2.24, 2.45) is 0 Å². The number of rotatable bonds is 5. The second-order valence-corrected chi connectivity index (χ2v) is 5.35. The molecule has 2 aromatic heterocycles. The van der Waals surface area contributed by atoms with Crippen LogP contribution in [0, 0.1) is 0 Å². The van der Waals surface area contributed by atoms with Crippen LogP contribution in [0.4, 0.5) is 0 Å². The van der Waals surface area contributed by atoms with E-state index in [1.807, 2.05) is 42.6 Å². The van der Waals surface area contributed by atoms with E-state index in [9.17, 15) is 0 Å². The average Bonchev–Trinajstić information content (AvgIpc) is 2.93. The van der Waals surface area contributed by atoms with Crippen molar-refractivity contribution in [2.45, 2.75) is 19.4 Å². The maximum atomic E-state index is 6.19. The number of fused-ring (bicyclic) bond motifs is 1. The molecule has 0 aliphatic rings. The Bertz CT molecular complexity index is 724. The highest BCUT2D eigenvalue weighted by atomic mass is 35.5. The normalized spacial score (nSPS) is 12.7. The van der Waals surface area contributed by atoms with E-state index < -0.39 is 0 Å². The molecular weight excluding hydrogens is 284 g/mol. The van der Waals surface area contributed by atoms with Gasteiger partial charge < -0.3 is 9.73 Å². The molecule has 1 N–H and O–H groups in total. The number of para-hydroxylation sites is 1. The Morgan fingerprint density at radius 3 is 2.86 bits per heavy atom. The monoisotopic (exact) mass is 300 g/mol. The number of hydrogen-bond acceptors (Lipinski definition) is 3. The lowest BCUT2D eigenvalue weighted by Gasteiger charge is -2.14. The van der Waals surface area contributed by atoms with Crippen molar-refractivity contribution in [2.75, 3.05) is 6.54 Å². The van der Waals surface area contributed by atoms with Crippen molar-refractivity contribution < 1.29 is 4.42 Å². The highest BCUT2D eigenvalue weighted by Crippen LogP contribution is 2.30. The van der Waals surface area contributed by atoms with Gasteiger partial charge in [-0.2, -0.15) is 0 Å². The summed E-state index contributed by atoms with van der Waals surface area (Å²) in [5.41, 5.74) is 1.79. The Morgan fingerprint density at radius 1 is 1.24 bits per heavy atom. The Balaban J connectivity index is 1.93. The number of halogens is 1. The van der Waals surface area contributed by atoms with Gasteiger partial charge in [-0.25, -0.2) is 0 Å². The maximum absolute atomic E-state index is 6.19. The number of nitrogens with one attached hydrogen (secondary N) is 1. The van der Waals surface area contributed by atoms with E-state index >= 15 is 0 Å². The topological polar surface area (TPSA) is 38.1 Å². The average molecular weight is 301 g/mol. The molecule has 4 heteroatoms. The van der Waals surface area contributed by atoms with E-state index in [0.29, 0.717) is 5.02 Å². The fourth-order valence-corrected chi connectivity index (χ4v) is 2.69. The van der Waals surface area contributed by atoms with Gasteiger partial charge in [-0.05, 0) is 30.8 Å². The Morgan fingerprint density at radius 2 is 2.14 bits per heavy atom. The van der Waals surface area contributed by atoms with Gasteiger partial charge >= 0.3 is 0 Å². The highest BCUT2D eigenvalue weighted by molar-refractivity contribution is 6.34. The van der Waals surface area contributed by atoms with Crippen LogP contribution in [-0.2, 0) is 6.42 Å². The standard InChI is InChI=1S/C17H17ClN2O/c1-2-19-15(11-13-7-3-4-9-20-13)16-10-12-6-5-8-14(18)17(12)21-16/h3-10,15,19H,2,11H2,1H3. The van der Waals surface area contributed by atoms with Crippen LogP contribution in [0.2, 0.25) is 5.02 Å². The molecule has 1 atom stereocenters. The van der Waals surface area contributed by atoms with E-state index in [1.54, 1.807) is 0 Å². The summed E-state index contributed by atoms with van der Waals surface area (Å²) in [5.74, 6) is 0.894. The first kappa shape index (κ1) is 14.1. The zero-order chi connectivity index (χ0) is 14.7. The van der Waals surface area contributed by atoms with Gasteiger partial charge in [0.05, 0.1) is 11.1 Å². The molecule has 108 valence electrons. The van der Waals surface area contributed by atoms with E-state index in [4.69, 9.17) is 16.0 Å². The predicted octanol–water partition coefficient (Wildman–Crippen LogP) is 4.37. The summed E-state index contributed by atoms with van der Waals surface area (Å²) in [6.07, 6.45) is 2.60. The number of aromatic nitrogens is 1. The van der Waals surface area contributed by atoms with Crippen molar-refractivity contribution in [3.63, 3.8) is 0 Å². The van der Waals surface area contributed by atoms with Crippen molar-refractivity contribution in [1.29, 1.82) is 0 Å². The molecule has 3 rings (SSSR count). The molecule has 0 aliphatic heterocycles. The third-order valence-electron chi connectivity index (χ3n) is 3.45. The number of nitrogens with zero attached hydrogens (tertiary/aromatic N) is 1. The molecule has 0 saturated carbocycles. The minimum Gasteiger partial charge on any atom is -0.458 e. The first-order chi connectivity index (χ1) is 10.3. The van der Waals surface area contributed by atoms with E-state index in [0.717, 1.165) is 35.4 Å². The fraction of sp³-hybridized carbons (Fsp3) is 0.235. The minimum atomic E-state index is 0.0911. The van der Waals surface area contributed by atoms with Crippen LogP contribution >= 0.6 is 11.6 Å². The number of likely N-dealkylation sites (N-methyl/N-ethyl adjacent to an activating group) is 1. The summed E-state index contributed by atoms with van der Waals surface area (Å²) in [6, 6.07) is 13.9. The second-order valence-electron chi connectivity index (χ2n) is 4.94. The lowest BCUT2D eigenvalue weighted by Crippen LogP contribution is -2.22. The van der Waals surface area contributed by atoms with Gasteiger partial charge in [-0.15, -0.1) is 0 Å². The molecule has 1 unspecified atom stereocenters. The zero-order valence-corrected chi connectivity index (χ0v) is 12.6. The molecule has 0 fully saturated rings. The molecule has 21 heavy (non-hydrogen) atoms. The van der Waals surface area contributed by atoms with Gasteiger partial charge in [0, 0.05) is 23.7 Å². The van der Waals surface area contributed by atoms with Crippen LogP contribution in [0.5, 0.6) is 0 Å². The molecule has 0 saturated heterocycles. The molecule has 0 radical (unpaired) electrons. The molecule has 3 nitrogen and oxygen atoms in total. The van der Waals surface area contributed by atoms with Crippen molar-refractivity contribution >= 4 is 22.6 Å². The Labute approximate surface area is 128 Å². The fourth-order valence-electron chi connectivity index (χ4n) is 2.47.